The Balaban J connectivity index is 2.47. The lowest BCUT2D eigenvalue weighted by atomic mass is 10.0. The Morgan fingerprint density at radius 1 is 1.06 bits per heavy atom. The van der Waals surface area contributed by atoms with Crippen LogP contribution >= 0.6 is 11.8 Å². The van der Waals surface area contributed by atoms with Crippen LogP contribution in [-0.4, -0.2) is 11.4 Å². The Morgan fingerprint density at radius 3 is 2.41 bits per heavy atom. The number of aliphatic hydroxyl groups excluding tert-OH is 1. The second kappa shape index (κ2) is 5.34. The molecule has 0 saturated carbocycles. The summed E-state index contributed by atoms with van der Waals surface area (Å²) in [6, 6.07) is 14.0. The molecule has 0 radical (unpaired) electrons. The lowest BCUT2D eigenvalue weighted by molar-refractivity contribution is 0.211. The summed E-state index contributed by atoms with van der Waals surface area (Å²) < 4.78 is 13.8. The Bertz CT molecular complexity index is 499. The molecule has 1 atom stereocenters. The summed E-state index contributed by atoms with van der Waals surface area (Å²) in [6.07, 6.45) is 0.954. The predicted octanol–water partition coefficient (Wildman–Crippen LogP) is 3.63. The fraction of sp³-hybridized carbons (Fsp3) is 0.143. The van der Waals surface area contributed by atoms with Gasteiger partial charge in [0.2, 0.25) is 0 Å². The highest BCUT2D eigenvalue weighted by Gasteiger charge is 2.18. The van der Waals surface area contributed by atoms with Crippen LogP contribution in [0.3, 0.4) is 0 Å². The zero-order chi connectivity index (χ0) is 12.3. The maximum atomic E-state index is 13.8. The summed E-state index contributed by atoms with van der Waals surface area (Å²) in [6.45, 7) is 0. The minimum Gasteiger partial charge on any atom is -0.384 e. The molecule has 0 aromatic heterocycles. The fourth-order valence-electron chi connectivity index (χ4n) is 1.76. The van der Waals surface area contributed by atoms with Crippen molar-refractivity contribution in [2.75, 3.05) is 6.26 Å². The molecule has 2 rings (SSSR count). The van der Waals surface area contributed by atoms with Crippen LogP contribution in [0.2, 0.25) is 0 Å². The Morgan fingerprint density at radius 2 is 1.76 bits per heavy atom. The molecule has 0 saturated heterocycles. The molecule has 1 nitrogen and oxygen atoms in total. The van der Waals surface area contributed by atoms with E-state index in [1.807, 2.05) is 30.5 Å². The first kappa shape index (κ1) is 12.1. The van der Waals surface area contributed by atoms with E-state index in [1.165, 1.54) is 17.8 Å². The lowest BCUT2D eigenvalue weighted by Crippen LogP contribution is -2.04. The average Bonchev–Trinajstić information content (AvgIpc) is 2.38. The Kier molecular flexibility index (Phi) is 3.82. The van der Waals surface area contributed by atoms with Gasteiger partial charge in [-0.3, -0.25) is 0 Å². The van der Waals surface area contributed by atoms with Gasteiger partial charge in [0, 0.05) is 10.5 Å². The van der Waals surface area contributed by atoms with Gasteiger partial charge in [-0.05, 0) is 24.0 Å². The molecule has 0 aliphatic rings. The van der Waals surface area contributed by atoms with E-state index in [1.54, 1.807) is 18.2 Å². The highest BCUT2D eigenvalue weighted by molar-refractivity contribution is 7.98. The number of halogens is 1. The summed E-state index contributed by atoms with van der Waals surface area (Å²) in [5.74, 6) is -0.367. The van der Waals surface area contributed by atoms with Gasteiger partial charge < -0.3 is 5.11 Å². The molecule has 88 valence electrons. The fourth-order valence-corrected chi connectivity index (χ4v) is 2.41. The van der Waals surface area contributed by atoms with Gasteiger partial charge in [0.15, 0.2) is 0 Å². The van der Waals surface area contributed by atoms with Gasteiger partial charge in [0.05, 0.1) is 0 Å². The molecular weight excluding hydrogens is 235 g/mol. The van der Waals surface area contributed by atoms with Crippen LogP contribution in [0, 0.1) is 5.82 Å². The Hall–Kier alpha value is -1.32. The number of aliphatic hydroxyl groups is 1. The molecule has 0 bridgehead atoms. The third-order valence-corrected chi connectivity index (χ3v) is 3.42. The molecular formula is C14H13FOS. The molecule has 2 aromatic rings. The molecule has 0 aliphatic heterocycles. The molecule has 17 heavy (non-hydrogen) atoms. The van der Waals surface area contributed by atoms with E-state index in [0.29, 0.717) is 11.1 Å². The third-order valence-electron chi connectivity index (χ3n) is 2.62. The largest absolute Gasteiger partial charge is 0.384 e. The van der Waals surface area contributed by atoms with Gasteiger partial charge in [0.25, 0.3) is 0 Å². The standard InChI is InChI=1S/C14H13FOS/c1-17-12-9-5-8-11(15)13(12)14(16)10-6-3-2-4-7-10/h2-9,14,16H,1H3. The SMILES string of the molecule is CSc1cccc(F)c1C(O)c1ccccc1. The van der Waals surface area contributed by atoms with Crippen LogP contribution in [0.15, 0.2) is 53.4 Å². The van der Waals surface area contributed by atoms with Crippen molar-refractivity contribution in [2.24, 2.45) is 0 Å². The van der Waals surface area contributed by atoms with Crippen LogP contribution in [0.4, 0.5) is 4.39 Å². The van der Waals surface area contributed by atoms with Gasteiger partial charge in [-0.15, -0.1) is 11.8 Å². The molecule has 0 aliphatic carbocycles. The number of thioether (sulfide) groups is 1. The summed E-state index contributed by atoms with van der Waals surface area (Å²) in [5.41, 5.74) is 1.05. The van der Waals surface area contributed by atoms with Crippen molar-refractivity contribution in [3.05, 3.63) is 65.5 Å². The summed E-state index contributed by atoms with van der Waals surface area (Å²) in [5, 5.41) is 10.2. The van der Waals surface area contributed by atoms with Crippen LogP contribution in [-0.2, 0) is 0 Å². The highest BCUT2D eigenvalue weighted by atomic mass is 32.2. The molecule has 0 fully saturated rings. The van der Waals surface area contributed by atoms with Crippen molar-refractivity contribution in [3.63, 3.8) is 0 Å². The quantitative estimate of drug-likeness (QED) is 0.837. The van der Waals surface area contributed by atoms with Gasteiger partial charge in [0.1, 0.15) is 11.9 Å². The maximum absolute atomic E-state index is 13.8. The van der Waals surface area contributed by atoms with Crippen molar-refractivity contribution in [1.82, 2.24) is 0 Å². The monoisotopic (exact) mass is 248 g/mol. The summed E-state index contributed by atoms with van der Waals surface area (Å²) in [7, 11) is 0. The number of rotatable bonds is 3. The van der Waals surface area contributed by atoms with Crippen LogP contribution in [0.1, 0.15) is 17.2 Å². The molecule has 0 heterocycles. The van der Waals surface area contributed by atoms with Crippen LogP contribution < -0.4 is 0 Å². The summed E-state index contributed by atoms with van der Waals surface area (Å²) >= 11 is 1.43. The van der Waals surface area contributed by atoms with E-state index in [0.717, 1.165) is 4.90 Å². The van der Waals surface area contributed by atoms with Gasteiger partial charge >= 0.3 is 0 Å². The van der Waals surface area contributed by atoms with Crippen molar-refractivity contribution in [2.45, 2.75) is 11.0 Å². The second-order valence-electron chi connectivity index (χ2n) is 3.67. The van der Waals surface area contributed by atoms with E-state index in [4.69, 9.17) is 0 Å². The summed E-state index contributed by atoms with van der Waals surface area (Å²) in [4.78, 5) is 0.765. The molecule has 2 aromatic carbocycles. The highest BCUT2D eigenvalue weighted by Crippen LogP contribution is 2.32. The van der Waals surface area contributed by atoms with Crippen molar-refractivity contribution < 1.29 is 9.50 Å². The molecule has 3 heteroatoms. The zero-order valence-electron chi connectivity index (χ0n) is 9.43. The number of benzene rings is 2. The minimum atomic E-state index is -0.917. The van der Waals surface area contributed by atoms with Gasteiger partial charge in [-0.1, -0.05) is 36.4 Å². The predicted molar refractivity (Wildman–Crippen MR) is 68.7 cm³/mol. The maximum Gasteiger partial charge on any atom is 0.130 e. The van der Waals surface area contributed by atoms with Crippen molar-refractivity contribution in [3.8, 4) is 0 Å². The van der Waals surface area contributed by atoms with E-state index in [2.05, 4.69) is 0 Å². The topological polar surface area (TPSA) is 20.2 Å². The van der Waals surface area contributed by atoms with Crippen LogP contribution in [0.5, 0.6) is 0 Å². The zero-order valence-corrected chi connectivity index (χ0v) is 10.2. The first-order valence-corrected chi connectivity index (χ1v) is 6.52. The van der Waals surface area contributed by atoms with Crippen LogP contribution in [0.25, 0.3) is 0 Å². The Labute approximate surface area is 104 Å². The first-order valence-electron chi connectivity index (χ1n) is 5.29. The van der Waals surface area contributed by atoms with E-state index in [-0.39, 0.29) is 5.82 Å². The van der Waals surface area contributed by atoms with Gasteiger partial charge in [-0.25, -0.2) is 4.39 Å². The first-order chi connectivity index (χ1) is 8.24. The third kappa shape index (κ3) is 2.51. The van der Waals surface area contributed by atoms with Crippen molar-refractivity contribution >= 4 is 11.8 Å². The molecule has 0 spiro atoms. The minimum absolute atomic E-state index is 0.353. The lowest BCUT2D eigenvalue weighted by Gasteiger charge is -2.15. The van der Waals surface area contributed by atoms with Gasteiger partial charge in [-0.2, -0.15) is 0 Å². The second-order valence-corrected chi connectivity index (χ2v) is 4.52. The molecule has 1 unspecified atom stereocenters. The number of hydrogen-bond acceptors (Lipinski definition) is 2. The molecule has 1 N–H and O–H groups in total. The number of hydrogen-bond donors (Lipinski definition) is 1. The average molecular weight is 248 g/mol. The smallest absolute Gasteiger partial charge is 0.130 e. The van der Waals surface area contributed by atoms with Crippen molar-refractivity contribution in [1.29, 1.82) is 0 Å². The molecule has 0 amide bonds. The normalized spacial score (nSPS) is 12.4. The van der Waals surface area contributed by atoms with E-state index < -0.39 is 6.10 Å². The van der Waals surface area contributed by atoms with E-state index >= 15 is 0 Å². The van der Waals surface area contributed by atoms with E-state index in [9.17, 15) is 9.50 Å².